The first kappa shape index (κ1) is 15.3. The van der Waals surface area contributed by atoms with Crippen molar-refractivity contribution >= 4 is 0 Å². The molecule has 2 unspecified atom stereocenters. The van der Waals surface area contributed by atoms with Crippen molar-refractivity contribution in [3.8, 4) is 0 Å². The van der Waals surface area contributed by atoms with Crippen LogP contribution in [0.3, 0.4) is 0 Å². The fraction of sp³-hybridized carbons (Fsp3) is 1.00. The smallest absolute Gasteiger partial charge is 0.0802 e. The highest BCUT2D eigenvalue weighted by Gasteiger charge is 2.37. The average Bonchev–Trinajstić information content (AvgIpc) is 2.53. The first-order valence-electron chi connectivity index (χ1n) is 8.24. The van der Waals surface area contributed by atoms with Crippen LogP contribution in [0.2, 0.25) is 0 Å². The number of ether oxygens (including phenoxy) is 1. The monoisotopic (exact) mass is 267 g/mol. The Morgan fingerprint density at radius 2 is 1.79 bits per heavy atom. The third-order valence-corrected chi connectivity index (χ3v) is 5.60. The van der Waals surface area contributed by atoms with Gasteiger partial charge in [-0.05, 0) is 56.3 Å². The highest BCUT2D eigenvalue weighted by Crippen LogP contribution is 2.38. The molecule has 0 aromatic rings. The van der Waals surface area contributed by atoms with E-state index in [4.69, 9.17) is 4.74 Å². The normalized spacial score (nSPS) is 31.6. The molecule has 2 nitrogen and oxygen atoms in total. The highest BCUT2D eigenvalue weighted by molar-refractivity contribution is 4.93. The zero-order chi connectivity index (χ0) is 13.9. The van der Waals surface area contributed by atoms with Gasteiger partial charge in [0.25, 0.3) is 0 Å². The van der Waals surface area contributed by atoms with Crippen LogP contribution in [-0.2, 0) is 4.74 Å². The molecule has 0 aromatic carbocycles. The molecule has 19 heavy (non-hydrogen) atoms. The molecule has 0 amide bonds. The Morgan fingerprint density at radius 1 is 1.05 bits per heavy atom. The minimum absolute atomic E-state index is 0.176. The van der Waals surface area contributed by atoms with E-state index in [1.165, 1.54) is 51.4 Å². The van der Waals surface area contributed by atoms with Crippen LogP contribution in [0.15, 0.2) is 0 Å². The summed E-state index contributed by atoms with van der Waals surface area (Å²) in [6.07, 6.45) is 10.7. The molecule has 0 radical (unpaired) electrons. The lowest BCUT2D eigenvalue weighted by Crippen LogP contribution is -2.50. The standard InChI is InChI=1S/C17H33NO/c1-16(2,3)14-7-5-8-15(10-9-14)18-13-17(19-4)11-6-12-17/h14-15,18H,5-13H2,1-4H3. The third-order valence-electron chi connectivity index (χ3n) is 5.60. The van der Waals surface area contributed by atoms with Gasteiger partial charge in [0.15, 0.2) is 0 Å². The van der Waals surface area contributed by atoms with Gasteiger partial charge in [-0.15, -0.1) is 0 Å². The van der Waals surface area contributed by atoms with Crippen LogP contribution in [0.1, 0.15) is 72.1 Å². The minimum Gasteiger partial charge on any atom is -0.377 e. The van der Waals surface area contributed by atoms with E-state index >= 15 is 0 Å². The SMILES string of the molecule is COC1(CNC2CCCC(C(C)(C)C)CC2)CCC1. The summed E-state index contributed by atoms with van der Waals surface area (Å²) < 4.78 is 5.71. The Morgan fingerprint density at radius 3 is 2.32 bits per heavy atom. The molecule has 2 saturated carbocycles. The Hall–Kier alpha value is -0.0800. The summed E-state index contributed by atoms with van der Waals surface area (Å²) in [5.74, 6) is 0.902. The number of methoxy groups -OCH3 is 1. The average molecular weight is 267 g/mol. The van der Waals surface area contributed by atoms with Crippen molar-refractivity contribution in [2.75, 3.05) is 13.7 Å². The fourth-order valence-electron chi connectivity index (χ4n) is 3.73. The van der Waals surface area contributed by atoms with Crippen molar-refractivity contribution in [3.63, 3.8) is 0 Å². The molecule has 0 spiro atoms. The molecule has 0 aromatic heterocycles. The molecule has 2 atom stereocenters. The maximum atomic E-state index is 5.71. The molecule has 112 valence electrons. The summed E-state index contributed by atoms with van der Waals surface area (Å²) in [4.78, 5) is 0. The molecular formula is C17H33NO. The van der Waals surface area contributed by atoms with Gasteiger partial charge in [-0.25, -0.2) is 0 Å². The van der Waals surface area contributed by atoms with E-state index in [0.717, 1.165) is 18.5 Å². The van der Waals surface area contributed by atoms with Crippen molar-refractivity contribution in [3.05, 3.63) is 0 Å². The minimum atomic E-state index is 0.176. The number of hydrogen-bond acceptors (Lipinski definition) is 2. The van der Waals surface area contributed by atoms with Crippen LogP contribution in [0.25, 0.3) is 0 Å². The van der Waals surface area contributed by atoms with Gasteiger partial charge >= 0.3 is 0 Å². The molecule has 0 aliphatic heterocycles. The Balaban J connectivity index is 1.77. The van der Waals surface area contributed by atoms with E-state index < -0.39 is 0 Å². The molecule has 0 saturated heterocycles. The van der Waals surface area contributed by atoms with Crippen molar-refractivity contribution in [2.24, 2.45) is 11.3 Å². The predicted octanol–water partition coefficient (Wildman–Crippen LogP) is 4.14. The van der Waals surface area contributed by atoms with Crippen LogP contribution >= 0.6 is 0 Å². The van der Waals surface area contributed by atoms with E-state index in [2.05, 4.69) is 26.1 Å². The van der Waals surface area contributed by atoms with Gasteiger partial charge < -0.3 is 10.1 Å². The van der Waals surface area contributed by atoms with E-state index in [1.807, 2.05) is 7.11 Å². The Kier molecular flexibility index (Phi) is 4.94. The van der Waals surface area contributed by atoms with E-state index in [1.54, 1.807) is 0 Å². The van der Waals surface area contributed by atoms with Crippen LogP contribution in [-0.4, -0.2) is 25.3 Å². The van der Waals surface area contributed by atoms with E-state index in [0.29, 0.717) is 5.41 Å². The fourth-order valence-corrected chi connectivity index (χ4v) is 3.73. The molecule has 1 N–H and O–H groups in total. The lowest BCUT2D eigenvalue weighted by molar-refractivity contribution is -0.0710. The molecule has 0 heterocycles. The zero-order valence-corrected chi connectivity index (χ0v) is 13.4. The summed E-state index contributed by atoms with van der Waals surface area (Å²) in [7, 11) is 1.88. The maximum Gasteiger partial charge on any atom is 0.0802 e. The van der Waals surface area contributed by atoms with Gasteiger partial charge in [-0.2, -0.15) is 0 Å². The summed E-state index contributed by atoms with van der Waals surface area (Å²) in [6.45, 7) is 8.27. The van der Waals surface area contributed by atoms with E-state index in [-0.39, 0.29) is 5.60 Å². The van der Waals surface area contributed by atoms with Crippen LogP contribution in [0.4, 0.5) is 0 Å². The molecule has 2 rings (SSSR count). The molecule has 2 aliphatic rings. The second-order valence-electron chi connectivity index (χ2n) is 7.89. The van der Waals surface area contributed by atoms with Crippen molar-refractivity contribution < 1.29 is 4.74 Å². The lowest BCUT2D eigenvalue weighted by Gasteiger charge is -2.41. The van der Waals surface area contributed by atoms with Crippen LogP contribution < -0.4 is 5.32 Å². The summed E-state index contributed by atoms with van der Waals surface area (Å²) in [5, 5.41) is 3.80. The second-order valence-corrected chi connectivity index (χ2v) is 7.89. The summed E-state index contributed by atoms with van der Waals surface area (Å²) in [5.41, 5.74) is 0.659. The zero-order valence-electron chi connectivity index (χ0n) is 13.4. The largest absolute Gasteiger partial charge is 0.377 e. The molecule has 2 heteroatoms. The summed E-state index contributed by atoms with van der Waals surface area (Å²) in [6, 6.07) is 0.722. The Bertz CT molecular complexity index is 272. The Labute approximate surface area is 119 Å². The third kappa shape index (κ3) is 3.95. The second kappa shape index (κ2) is 6.13. The van der Waals surface area contributed by atoms with Gasteiger partial charge in [0.2, 0.25) is 0 Å². The quantitative estimate of drug-likeness (QED) is 0.773. The highest BCUT2D eigenvalue weighted by atomic mass is 16.5. The van der Waals surface area contributed by atoms with Crippen molar-refractivity contribution in [2.45, 2.75) is 83.8 Å². The number of nitrogens with one attached hydrogen (secondary N) is 1. The van der Waals surface area contributed by atoms with Crippen molar-refractivity contribution in [1.82, 2.24) is 5.32 Å². The van der Waals surface area contributed by atoms with Gasteiger partial charge in [0, 0.05) is 19.7 Å². The molecule has 0 bridgehead atoms. The van der Waals surface area contributed by atoms with Gasteiger partial charge in [-0.3, -0.25) is 0 Å². The summed E-state index contributed by atoms with van der Waals surface area (Å²) >= 11 is 0. The van der Waals surface area contributed by atoms with Gasteiger partial charge in [-0.1, -0.05) is 27.2 Å². The number of hydrogen-bond donors (Lipinski definition) is 1. The maximum absolute atomic E-state index is 5.71. The van der Waals surface area contributed by atoms with Gasteiger partial charge in [0.05, 0.1) is 5.60 Å². The van der Waals surface area contributed by atoms with Crippen LogP contribution in [0, 0.1) is 11.3 Å². The topological polar surface area (TPSA) is 21.3 Å². The number of rotatable bonds is 4. The molecule has 2 aliphatic carbocycles. The molecular weight excluding hydrogens is 234 g/mol. The van der Waals surface area contributed by atoms with Gasteiger partial charge in [0.1, 0.15) is 0 Å². The van der Waals surface area contributed by atoms with Crippen LogP contribution in [0.5, 0.6) is 0 Å². The first-order chi connectivity index (χ1) is 8.95. The van der Waals surface area contributed by atoms with E-state index in [9.17, 15) is 0 Å². The lowest BCUT2D eigenvalue weighted by atomic mass is 9.76. The predicted molar refractivity (Wildman–Crippen MR) is 81.4 cm³/mol. The van der Waals surface area contributed by atoms with Crippen molar-refractivity contribution in [1.29, 1.82) is 0 Å². The first-order valence-corrected chi connectivity index (χ1v) is 8.24. The molecule has 2 fully saturated rings.